The van der Waals surface area contributed by atoms with Crippen LogP contribution in [0.2, 0.25) is 0 Å². The summed E-state index contributed by atoms with van der Waals surface area (Å²) in [5.41, 5.74) is 7.28. The zero-order chi connectivity index (χ0) is 20.7. The molecule has 0 aromatic heterocycles. The highest BCUT2D eigenvalue weighted by Crippen LogP contribution is 2.24. The maximum Gasteiger partial charge on any atom is 0.249 e. The number of rotatable bonds is 8. The maximum absolute atomic E-state index is 12.8. The summed E-state index contributed by atoms with van der Waals surface area (Å²) in [7, 11) is -3.70. The molecule has 3 N–H and O–H groups in total. The standard InChI is InChI=1S/C20H21N3O4S/c1-14-6-8-15(9-7-14)12-28(26,27)13-18(20(25)23-11-10-21)16-4-2-3-5-17(16)19(22)24/h2-9,18H,11-13H2,1H3,(H2,22,24)(H,23,25)/t18-/m1/s1. The third kappa shape index (κ3) is 5.66. The van der Waals surface area contributed by atoms with Crippen LogP contribution in [0.3, 0.4) is 0 Å². The Morgan fingerprint density at radius 3 is 2.39 bits per heavy atom. The third-order valence-corrected chi connectivity index (χ3v) is 5.80. The average molecular weight is 399 g/mol. The third-order valence-electron chi connectivity index (χ3n) is 4.19. The van der Waals surface area contributed by atoms with E-state index in [9.17, 15) is 18.0 Å². The summed E-state index contributed by atoms with van der Waals surface area (Å²) in [6, 6.07) is 14.9. The largest absolute Gasteiger partial charge is 0.366 e. The first-order valence-corrected chi connectivity index (χ1v) is 10.3. The topological polar surface area (TPSA) is 130 Å². The van der Waals surface area contributed by atoms with Crippen molar-refractivity contribution >= 4 is 21.7 Å². The smallest absolute Gasteiger partial charge is 0.249 e. The van der Waals surface area contributed by atoms with Crippen LogP contribution in [0, 0.1) is 18.3 Å². The van der Waals surface area contributed by atoms with E-state index >= 15 is 0 Å². The van der Waals surface area contributed by atoms with Crippen molar-refractivity contribution < 1.29 is 18.0 Å². The molecule has 2 amide bonds. The minimum atomic E-state index is -3.70. The van der Waals surface area contributed by atoms with Crippen molar-refractivity contribution in [1.29, 1.82) is 5.26 Å². The lowest BCUT2D eigenvalue weighted by atomic mass is 9.94. The molecule has 0 fully saturated rings. The molecule has 146 valence electrons. The minimum Gasteiger partial charge on any atom is -0.366 e. The number of aryl methyl sites for hydroxylation is 1. The Morgan fingerprint density at radius 1 is 1.14 bits per heavy atom. The SMILES string of the molecule is Cc1ccc(CS(=O)(=O)C[C@@H](C(=O)NCC#N)c2ccccc2C(N)=O)cc1. The van der Waals surface area contributed by atoms with Gasteiger partial charge in [0, 0.05) is 5.56 Å². The second-order valence-corrected chi connectivity index (χ2v) is 8.53. The predicted octanol–water partition coefficient (Wildman–Crippen LogP) is 1.43. The molecule has 2 aromatic rings. The number of hydrogen-bond acceptors (Lipinski definition) is 5. The van der Waals surface area contributed by atoms with Gasteiger partial charge in [-0.2, -0.15) is 5.26 Å². The van der Waals surface area contributed by atoms with Crippen molar-refractivity contribution in [2.75, 3.05) is 12.3 Å². The van der Waals surface area contributed by atoms with Crippen LogP contribution in [0.15, 0.2) is 48.5 Å². The number of carbonyl (C=O) groups excluding carboxylic acids is 2. The number of benzene rings is 2. The van der Waals surface area contributed by atoms with Gasteiger partial charge in [0.05, 0.1) is 23.5 Å². The van der Waals surface area contributed by atoms with Crippen molar-refractivity contribution in [3.05, 3.63) is 70.8 Å². The molecule has 8 heteroatoms. The van der Waals surface area contributed by atoms with E-state index in [1.54, 1.807) is 30.3 Å². The summed E-state index contributed by atoms with van der Waals surface area (Å²) in [5.74, 6) is -3.32. The Kier molecular flexibility index (Phi) is 6.90. The molecule has 7 nitrogen and oxygen atoms in total. The fourth-order valence-electron chi connectivity index (χ4n) is 2.83. The van der Waals surface area contributed by atoms with Crippen molar-refractivity contribution in [3.63, 3.8) is 0 Å². The number of nitriles is 1. The molecular weight excluding hydrogens is 378 g/mol. The van der Waals surface area contributed by atoms with E-state index in [1.807, 2.05) is 19.1 Å². The van der Waals surface area contributed by atoms with Crippen LogP contribution < -0.4 is 11.1 Å². The predicted molar refractivity (Wildman–Crippen MR) is 105 cm³/mol. The normalized spacial score (nSPS) is 12.0. The van der Waals surface area contributed by atoms with Gasteiger partial charge in [-0.3, -0.25) is 9.59 Å². The summed E-state index contributed by atoms with van der Waals surface area (Å²) in [6.45, 7) is 1.63. The van der Waals surface area contributed by atoms with E-state index in [1.165, 1.54) is 12.1 Å². The molecule has 0 spiro atoms. The Balaban J connectivity index is 2.37. The van der Waals surface area contributed by atoms with Crippen LogP contribution >= 0.6 is 0 Å². The quantitative estimate of drug-likeness (QED) is 0.649. The number of nitrogens with one attached hydrogen (secondary N) is 1. The highest BCUT2D eigenvalue weighted by atomic mass is 32.2. The summed E-state index contributed by atoms with van der Waals surface area (Å²) in [5, 5.41) is 11.1. The second kappa shape index (κ2) is 9.15. The molecule has 0 aliphatic heterocycles. The summed E-state index contributed by atoms with van der Waals surface area (Å²) < 4.78 is 25.5. The van der Waals surface area contributed by atoms with Crippen molar-refractivity contribution in [3.8, 4) is 6.07 Å². The molecule has 0 saturated heterocycles. The Bertz CT molecular complexity index is 1010. The first kappa shape index (κ1) is 21.1. The molecule has 0 saturated carbocycles. The zero-order valence-corrected chi connectivity index (χ0v) is 16.2. The molecule has 0 aliphatic carbocycles. The number of nitrogens with zero attached hydrogens (tertiary/aromatic N) is 1. The van der Waals surface area contributed by atoms with E-state index < -0.39 is 33.3 Å². The van der Waals surface area contributed by atoms with Crippen LogP contribution in [0.4, 0.5) is 0 Å². The molecule has 0 aliphatic rings. The number of sulfone groups is 1. The van der Waals surface area contributed by atoms with Gasteiger partial charge in [-0.25, -0.2) is 8.42 Å². The molecule has 0 bridgehead atoms. The Hall–Kier alpha value is -3.18. The summed E-state index contributed by atoms with van der Waals surface area (Å²) >= 11 is 0. The lowest BCUT2D eigenvalue weighted by Crippen LogP contribution is -2.35. The van der Waals surface area contributed by atoms with Gasteiger partial charge in [0.1, 0.15) is 6.54 Å². The monoisotopic (exact) mass is 399 g/mol. The molecule has 2 rings (SSSR count). The van der Waals surface area contributed by atoms with Gasteiger partial charge in [-0.15, -0.1) is 0 Å². The van der Waals surface area contributed by atoms with Crippen molar-refractivity contribution in [2.24, 2.45) is 5.73 Å². The molecule has 0 heterocycles. The van der Waals surface area contributed by atoms with Crippen LogP contribution in [0.1, 0.15) is 33.0 Å². The Morgan fingerprint density at radius 2 is 1.79 bits per heavy atom. The van der Waals surface area contributed by atoms with Crippen LogP contribution in [-0.4, -0.2) is 32.5 Å². The summed E-state index contributed by atoms with van der Waals surface area (Å²) in [4.78, 5) is 24.3. The number of amides is 2. The van der Waals surface area contributed by atoms with E-state index in [0.29, 0.717) is 5.56 Å². The van der Waals surface area contributed by atoms with Crippen LogP contribution in [-0.2, 0) is 20.4 Å². The van der Waals surface area contributed by atoms with Gasteiger partial charge in [0.2, 0.25) is 11.8 Å². The van der Waals surface area contributed by atoms with E-state index in [4.69, 9.17) is 11.0 Å². The van der Waals surface area contributed by atoms with E-state index in [0.717, 1.165) is 5.56 Å². The van der Waals surface area contributed by atoms with Crippen molar-refractivity contribution in [1.82, 2.24) is 5.32 Å². The lowest BCUT2D eigenvalue weighted by molar-refractivity contribution is -0.121. The molecular formula is C20H21N3O4S. The number of primary amides is 1. The van der Waals surface area contributed by atoms with Gasteiger partial charge < -0.3 is 11.1 Å². The highest BCUT2D eigenvalue weighted by molar-refractivity contribution is 7.90. The van der Waals surface area contributed by atoms with Gasteiger partial charge in [-0.05, 0) is 24.1 Å². The fourth-order valence-corrected chi connectivity index (χ4v) is 4.49. The number of nitrogens with two attached hydrogens (primary N) is 1. The van der Waals surface area contributed by atoms with Gasteiger partial charge in [0.25, 0.3) is 0 Å². The first-order valence-electron chi connectivity index (χ1n) is 8.53. The van der Waals surface area contributed by atoms with Gasteiger partial charge in [0.15, 0.2) is 9.84 Å². The van der Waals surface area contributed by atoms with Crippen molar-refractivity contribution in [2.45, 2.75) is 18.6 Å². The minimum absolute atomic E-state index is 0.0742. The fraction of sp³-hybridized carbons (Fsp3) is 0.250. The van der Waals surface area contributed by atoms with Crippen LogP contribution in [0.5, 0.6) is 0 Å². The van der Waals surface area contributed by atoms with E-state index in [-0.39, 0.29) is 23.4 Å². The lowest BCUT2D eigenvalue weighted by Gasteiger charge is -2.19. The molecule has 28 heavy (non-hydrogen) atoms. The Labute approximate surface area is 164 Å². The summed E-state index contributed by atoms with van der Waals surface area (Å²) in [6.07, 6.45) is 0. The maximum atomic E-state index is 12.8. The van der Waals surface area contributed by atoms with Gasteiger partial charge >= 0.3 is 0 Å². The second-order valence-electron chi connectivity index (χ2n) is 6.42. The number of hydrogen-bond donors (Lipinski definition) is 2. The molecule has 0 unspecified atom stereocenters. The molecule has 0 radical (unpaired) electrons. The average Bonchev–Trinajstić information content (AvgIpc) is 2.66. The first-order chi connectivity index (χ1) is 13.2. The number of carbonyl (C=O) groups is 2. The van der Waals surface area contributed by atoms with Gasteiger partial charge in [-0.1, -0.05) is 48.0 Å². The van der Waals surface area contributed by atoms with Crippen LogP contribution in [0.25, 0.3) is 0 Å². The molecule has 1 atom stereocenters. The van der Waals surface area contributed by atoms with E-state index in [2.05, 4.69) is 5.32 Å². The molecule has 2 aromatic carbocycles. The highest BCUT2D eigenvalue weighted by Gasteiger charge is 2.30. The zero-order valence-electron chi connectivity index (χ0n) is 15.4.